The number of carbonyl (C=O) groups is 1. The van der Waals surface area contributed by atoms with E-state index < -0.39 is 10.0 Å². The van der Waals surface area contributed by atoms with Crippen molar-refractivity contribution in [2.75, 3.05) is 32.6 Å². The molecule has 0 unspecified atom stereocenters. The summed E-state index contributed by atoms with van der Waals surface area (Å²) >= 11 is 0. The van der Waals surface area contributed by atoms with Crippen molar-refractivity contribution in [3.05, 3.63) is 18.2 Å². The normalized spacial score (nSPS) is 24.4. The van der Waals surface area contributed by atoms with Crippen molar-refractivity contribution in [1.29, 1.82) is 0 Å². The van der Waals surface area contributed by atoms with Gasteiger partial charge in [-0.25, -0.2) is 12.7 Å². The maximum atomic E-state index is 13.3. The van der Waals surface area contributed by atoms with Crippen molar-refractivity contribution in [1.82, 2.24) is 4.31 Å². The zero-order chi connectivity index (χ0) is 20.6. The molecule has 8 heteroatoms. The van der Waals surface area contributed by atoms with Gasteiger partial charge in [-0.1, -0.05) is 19.3 Å². The summed E-state index contributed by atoms with van der Waals surface area (Å²) in [5.74, 6) is 0.705. The fraction of sp³-hybridized carbons (Fsp3) is 0.667. The summed E-state index contributed by atoms with van der Waals surface area (Å²) in [7, 11) is -0.164. The van der Waals surface area contributed by atoms with Crippen LogP contribution in [0.25, 0.3) is 0 Å². The molecule has 2 aliphatic carbocycles. The highest BCUT2D eigenvalue weighted by molar-refractivity contribution is 7.90. The average Bonchev–Trinajstić information content (AvgIpc) is 3.52. The first-order valence-corrected chi connectivity index (χ1v) is 11.9. The topological polar surface area (TPSA) is 84.9 Å². The van der Waals surface area contributed by atoms with Crippen molar-refractivity contribution < 1.29 is 22.7 Å². The van der Waals surface area contributed by atoms with Crippen LogP contribution in [0.4, 0.5) is 5.69 Å². The zero-order valence-corrected chi connectivity index (χ0v) is 18.0. The van der Waals surface area contributed by atoms with E-state index in [0.29, 0.717) is 23.7 Å². The Hall–Kier alpha value is -1.80. The number of nitrogens with one attached hydrogen (secondary N) is 1. The van der Waals surface area contributed by atoms with Crippen LogP contribution in [0.3, 0.4) is 0 Å². The van der Waals surface area contributed by atoms with Crippen molar-refractivity contribution >= 4 is 21.6 Å². The summed E-state index contributed by atoms with van der Waals surface area (Å²) < 4.78 is 37.9. The van der Waals surface area contributed by atoms with E-state index in [1.807, 2.05) is 0 Å². The first kappa shape index (κ1) is 20.5. The number of methoxy groups -OCH3 is 2. The highest BCUT2D eigenvalue weighted by Gasteiger charge is 2.55. The minimum atomic E-state index is -3.28. The van der Waals surface area contributed by atoms with E-state index in [0.717, 1.165) is 44.9 Å². The van der Waals surface area contributed by atoms with Crippen LogP contribution in [0, 0.1) is 11.3 Å². The van der Waals surface area contributed by atoms with E-state index in [1.54, 1.807) is 36.7 Å². The number of nitrogens with zero attached hydrogens (tertiary/aromatic N) is 1. The van der Waals surface area contributed by atoms with E-state index in [1.165, 1.54) is 0 Å². The molecule has 1 atom stereocenters. The molecule has 1 spiro atoms. The van der Waals surface area contributed by atoms with Crippen LogP contribution in [0.1, 0.15) is 44.9 Å². The predicted molar refractivity (Wildman–Crippen MR) is 111 cm³/mol. The molecular formula is C21H30N2O5S. The molecule has 1 saturated heterocycles. The number of carbonyl (C=O) groups excluding carboxylic acids is 1. The Bertz CT molecular complexity index is 875. The van der Waals surface area contributed by atoms with Crippen LogP contribution < -0.4 is 14.8 Å². The Morgan fingerprint density at radius 3 is 2.41 bits per heavy atom. The highest BCUT2D eigenvalue weighted by atomic mass is 32.2. The molecule has 3 fully saturated rings. The number of sulfonamides is 1. The van der Waals surface area contributed by atoms with Crippen molar-refractivity contribution in [3.8, 4) is 11.5 Å². The summed E-state index contributed by atoms with van der Waals surface area (Å²) in [5, 5.41) is 2.76. The standard InChI is InChI=1S/C21H30N2O5S/c1-27-18-9-6-15(12-19(18)28-2)22-20(24)17-13-23(29(25,26)16-7-8-16)14-21(17)10-4-3-5-11-21/h6,9,12,16-17H,3-5,7-8,10-11,13-14H2,1-2H3,(H,22,24)/t17-/m1/s1. The average molecular weight is 423 g/mol. The molecule has 1 aromatic rings. The molecule has 1 aliphatic heterocycles. The third-order valence-electron chi connectivity index (χ3n) is 6.74. The Kier molecular flexibility index (Phi) is 5.50. The van der Waals surface area contributed by atoms with Gasteiger partial charge < -0.3 is 14.8 Å². The number of hydrogen-bond donors (Lipinski definition) is 1. The Morgan fingerprint density at radius 2 is 1.79 bits per heavy atom. The number of amides is 1. The van der Waals surface area contributed by atoms with E-state index in [2.05, 4.69) is 5.32 Å². The quantitative estimate of drug-likeness (QED) is 0.762. The number of anilines is 1. The second-order valence-electron chi connectivity index (χ2n) is 8.57. The van der Waals surface area contributed by atoms with E-state index in [9.17, 15) is 13.2 Å². The van der Waals surface area contributed by atoms with Gasteiger partial charge in [0.1, 0.15) is 0 Å². The first-order valence-electron chi connectivity index (χ1n) is 10.4. The Morgan fingerprint density at radius 1 is 1.10 bits per heavy atom. The van der Waals surface area contributed by atoms with Gasteiger partial charge in [0.05, 0.1) is 25.4 Å². The van der Waals surface area contributed by atoms with Crippen molar-refractivity contribution in [2.24, 2.45) is 11.3 Å². The number of rotatable bonds is 6. The lowest BCUT2D eigenvalue weighted by molar-refractivity contribution is -0.123. The fourth-order valence-corrected chi connectivity index (χ4v) is 6.91. The fourth-order valence-electron chi connectivity index (χ4n) is 4.96. The third-order valence-corrected chi connectivity index (χ3v) is 9.05. The molecule has 0 aromatic heterocycles. The van der Waals surface area contributed by atoms with E-state index in [-0.39, 0.29) is 29.0 Å². The highest BCUT2D eigenvalue weighted by Crippen LogP contribution is 2.50. The van der Waals surface area contributed by atoms with Gasteiger partial charge in [-0.05, 0) is 43.2 Å². The third kappa shape index (κ3) is 3.84. The smallest absolute Gasteiger partial charge is 0.229 e. The first-order chi connectivity index (χ1) is 13.9. The summed E-state index contributed by atoms with van der Waals surface area (Å²) in [6, 6.07) is 5.27. The second kappa shape index (κ2) is 7.80. The van der Waals surface area contributed by atoms with E-state index in [4.69, 9.17) is 9.47 Å². The number of hydrogen-bond acceptors (Lipinski definition) is 5. The molecule has 1 amide bonds. The molecule has 4 rings (SSSR count). The summed E-state index contributed by atoms with van der Waals surface area (Å²) in [6.45, 7) is 0.772. The van der Waals surface area contributed by atoms with Crippen LogP contribution in [0.15, 0.2) is 18.2 Å². The van der Waals surface area contributed by atoms with Crippen molar-refractivity contribution in [3.63, 3.8) is 0 Å². The van der Waals surface area contributed by atoms with Crippen LogP contribution >= 0.6 is 0 Å². The number of benzene rings is 1. The van der Waals surface area contributed by atoms with Gasteiger partial charge in [-0.2, -0.15) is 0 Å². The second-order valence-corrected chi connectivity index (χ2v) is 10.8. The minimum Gasteiger partial charge on any atom is -0.493 e. The summed E-state index contributed by atoms with van der Waals surface area (Å²) in [5.41, 5.74) is 0.378. The monoisotopic (exact) mass is 422 g/mol. The maximum Gasteiger partial charge on any atom is 0.229 e. The molecule has 3 aliphatic rings. The lowest BCUT2D eigenvalue weighted by Gasteiger charge is -2.37. The Balaban J connectivity index is 1.56. The van der Waals surface area contributed by atoms with E-state index >= 15 is 0 Å². The van der Waals surface area contributed by atoms with Gasteiger partial charge in [0, 0.05) is 24.8 Å². The largest absolute Gasteiger partial charge is 0.493 e. The molecule has 0 bridgehead atoms. The molecule has 1 aromatic carbocycles. The Labute approximate surface area is 172 Å². The maximum absolute atomic E-state index is 13.3. The van der Waals surface area contributed by atoms with Gasteiger partial charge in [-0.3, -0.25) is 4.79 Å². The van der Waals surface area contributed by atoms with Gasteiger partial charge in [-0.15, -0.1) is 0 Å². The molecule has 29 heavy (non-hydrogen) atoms. The molecular weight excluding hydrogens is 392 g/mol. The lowest BCUT2D eigenvalue weighted by Crippen LogP contribution is -2.39. The van der Waals surface area contributed by atoms with Crippen LogP contribution in [-0.2, 0) is 14.8 Å². The van der Waals surface area contributed by atoms with Crippen LogP contribution in [0.2, 0.25) is 0 Å². The van der Waals surface area contributed by atoms with Gasteiger partial charge in [0.2, 0.25) is 15.9 Å². The molecule has 1 heterocycles. The SMILES string of the molecule is COc1ccc(NC(=O)[C@H]2CN(S(=O)(=O)C3CC3)CC23CCCCC3)cc1OC. The van der Waals surface area contributed by atoms with Gasteiger partial charge >= 0.3 is 0 Å². The molecule has 160 valence electrons. The molecule has 0 radical (unpaired) electrons. The summed E-state index contributed by atoms with van der Waals surface area (Å²) in [4.78, 5) is 13.3. The van der Waals surface area contributed by atoms with Crippen LogP contribution in [-0.4, -0.2) is 51.2 Å². The number of ether oxygens (including phenoxy) is 2. The molecule has 2 saturated carbocycles. The van der Waals surface area contributed by atoms with Gasteiger partial charge in [0.25, 0.3) is 0 Å². The summed E-state index contributed by atoms with van der Waals surface area (Å²) in [6.07, 6.45) is 6.57. The van der Waals surface area contributed by atoms with Crippen LogP contribution in [0.5, 0.6) is 11.5 Å². The molecule has 7 nitrogen and oxygen atoms in total. The predicted octanol–water partition coefficient (Wildman–Crippen LogP) is 3.02. The molecule has 1 N–H and O–H groups in total. The lowest BCUT2D eigenvalue weighted by atomic mass is 9.67. The minimum absolute atomic E-state index is 0.104. The van der Waals surface area contributed by atoms with Crippen molar-refractivity contribution in [2.45, 2.75) is 50.2 Å². The zero-order valence-electron chi connectivity index (χ0n) is 17.1. The van der Waals surface area contributed by atoms with Gasteiger partial charge in [0.15, 0.2) is 11.5 Å².